The van der Waals surface area contributed by atoms with Crippen molar-refractivity contribution >= 4 is 46.9 Å². The van der Waals surface area contributed by atoms with Crippen LogP contribution < -0.4 is 0 Å². The summed E-state index contributed by atoms with van der Waals surface area (Å²) in [6, 6.07) is 0. The van der Waals surface area contributed by atoms with Crippen LogP contribution in [0.5, 0.6) is 0 Å². The molecule has 0 amide bonds. The van der Waals surface area contributed by atoms with E-state index in [0.717, 1.165) is 25.7 Å². The van der Waals surface area contributed by atoms with Gasteiger partial charge in [0, 0.05) is 0 Å². The van der Waals surface area contributed by atoms with E-state index in [9.17, 15) is 9.59 Å². The minimum absolute atomic E-state index is 0.171. The molecule has 0 heterocycles. The third-order valence-electron chi connectivity index (χ3n) is 5.58. The number of rotatable bonds is 3. The van der Waals surface area contributed by atoms with Crippen LogP contribution in [0.3, 0.4) is 0 Å². The maximum absolute atomic E-state index is 12.4. The van der Waals surface area contributed by atoms with E-state index in [1.807, 2.05) is 6.92 Å². The number of carbonyl (C=O) groups excluding carboxylic acids is 2. The molecular weight excluding hydrogens is 387 g/mol. The van der Waals surface area contributed by atoms with Crippen molar-refractivity contribution in [3.05, 3.63) is 11.6 Å². The highest BCUT2D eigenvalue weighted by Crippen LogP contribution is 2.48. The van der Waals surface area contributed by atoms with Gasteiger partial charge >= 0.3 is 12.1 Å². The Hall–Kier alpha value is -0.450. The first kappa shape index (κ1) is 20.9. The second-order valence-corrected chi connectivity index (χ2v) is 9.89. The predicted octanol–water partition coefficient (Wildman–Crippen LogP) is 5.69. The molecule has 1 saturated carbocycles. The van der Waals surface area contributed by atoms with Crippen molar-refractivity contribution in [1.82, 2.24) is 0 Å². The second-order valence-electron chi connectivity index (χ2n) is 7.38. The van der Waals surface area contributed by atoms with Gasteiger partial charge in [-0.1, -0.05) is 66.7 Å². The van der Waals surface area contributed by atoms with Crippen LogP contribution in [0.1, 0.15) is 46.5 Å². The summed E-state index contributed by atoms with van der Waals surface area (Å²) in [7, 11) is 0. The van der Waals surface area contributed by atoms with Gasteiger partial charge in [0.1, 0.15) is 6.61 Å². The topological polar surface area (TPSA) is 52.6 Å². The van der Waals surface area contributed by atoms with Crippen molar-refractivity contribution in [3.63, 3.8) is 0 Å². The van der Waals surface area contributed by atoms with Crippen LogP contribution in [0.4, 0.5) is 4.79 Å². The van der Waals surface area contributed by atoms with Crippen molar-refractivity contribution in [1.29, 1.82) is 0 Å². The lowest BCUT2D eigenvalue weighted by molar-refractivity contribution is -0.147. The Kier molecular flexibility index (Phi) is 7.09. The van der Waals surface area contributed by atoms with Crippen molar-refractivity contribution < 1.29 is 19.1 Å². The second kappa shape index (κ2) is 8.49. The highest BCUT2D eigenvalue weighted by molar-refractivity contribution is 6.67. The van der Waals surface area contributed by atoms with Gasteiger partial charge in [-0.05, 0) is 49.9 Å². The smallest absolute Gasteiger partial charge is 0.429 e. The number of esters is 1. The number of allylic oxidation sites excluding steroid dienone is 2. The maximum atomic E-state index is 12.4. The number of fused-ring (bicyclic) bond motifs is 1. The number of alkyl halides is 3. The first-order chi connectivity index (χ1) is 11.6. The minimum atomic E-state index is -1.73. The van der Waals surface area contributed by atoms with Gasteiger partial charge in [-0.25, -0.2) is 4.79 Å². The van der Waals surface area contributed by atoms with Crippen molar-refractivity contribution in [2.45, 2.75) is 50.2 Å². The molecule has 2 rings (SSSR count). The lowest BCUT2D eigenvalue weighted by atomic mass is 9.60. The lowest BCUT2D eigenvalue weighted by Gasteiger charge is -2.45. The Morgan fingerprint density at radius 3 is 2.60 bits per heavy atom. The molecule has 0 spiro atoms. The number of hydrogen-bond donors (Lipinski definition) is 0. The zero-order valence-electron chi connectivity index (χ0n) is 14.8. The van der Waals surface area contributed by atoms with E-state index in [-0.39, 0.29) is 11.8 Å². The van der Waals surface area contributed by atoms with Gasteiger partial charge in [-0.2, -0.15) is 0 Å². The summed E-state index contributed by atoms with van der Waals surface area (Å²) in [6.07, 6.45) is 5.52. The van der Waals surface area contributed by atoms with Gasteiger partial charge in [-0.15, -0.1) is 0 Å². The van der Waals surface area contributed by atoms with Gasteiger partial charge in [0.15, 0.2) is 0 Å². The predicted molar refractivity (Wildman–Crippen MR) is 98.8 cm³/mol. The summed E-state index contributed by atoms with van der Waals surface area (Å²) in [6.45, 7) is 5.79. The molecule has 0 saturated heterocycles. The van der Waals surface area contributed by atoms with Gasteiger partial charge in [0.2, 0.25) is 3.79 Å². The molecule has 7 heteroatoms. The zero-order valence-corrected chi connectivity index (χ0v) is 17.0. The van der Waals surface area contributed by atoms with E-state index in [4.69, 9.17) is 39.5 Å². The molecule has 2 aliphatic carbocycles. The highest BCUT2D eigenvalue weighted by atomic mass is 35.6. The average Bonchev–Trinajstić information content (AvgIpc) is 2.52. The molecule has 4 nitrogen and oxygen atoms in total. The molecule has 0 radical (unpaired) electrons. The molecule has 0 aliphatic heterocycles. The number of halogens is 3. The van der Waals surface area contributed by atoms with E-state index < -0.39 is 22.5 Å². The Bertz CT molecular complexity index is 541. The largest absolute Gasteiger partial charge is 0.516 e. The van der Waals surface area contributed by atoms with Crippen molar-refractivity contribution in [3.8, 4) is 0 Å². The van der Waals surface area contributed by atoms with E-state index >= 15 is 0 Å². The molecule has 1 fully saturated rings. The standard InChI is InChI=1S/C18H25Cl3O4/c1-10-4-6-13-11(2)5-7-14(15(13)8-10)12(3)16(22)25-17(23)24-9-18(19,20)21/h8,11-15H,4-7,9H2,1-3H3/t11-,12?,13+,14+,15+/m1/s1. The summed E-state index contributed by atoms with van der Waals surface area (Å²) < 4.78 is 7.73. The van der Waals surface area contributed by atoms with Gasteiger partial charge in [0.25, 0.3) is 0 Å². The molecule has 25 heavy (non-hydrogen) atoms. The normalized spacial score (nSPS) is 30.7. The number of hydrogen-bond acceptors (Lipinski definition) is 4. The summed E-state index contributed by atoms with van der Waals surface area (Å²) in [5, 5.41) is 0. The van der Waals surface area contributed by atoms with E-state index in [2.05, 4.69) is 24.7 Å². The van der Waals surface area contributed by atoms with E-state index in [1.165, 1.54) is 5.57 Å². The van der Waals surface area contributed by atoms with Crippen LogP contribution in [0.15, 0.2) is 11.6 Å². The molecule has 142 valence electrons. The first-order valence-electron chi connectivity index (χ1n) is 8.71. The fraction of sp³-hybridized carbons (Fsp3) is 0.778. The van der Waals surface area contributed by atoms with Crippen molar-refractivity contribution in [2.75, 3.05) is 6.61 Å². The summed E-state index contributed by atoms with van der Waals surface area (Å²) in [5.41, 5.74) is 1.38. The van der Waals surface area contributed by atoms with Crippen LogP contribution in [0.2, 0.25) is 0 Å². The van der Waals surface area contributed by atoms with Crippen LogP contribution in [0.25, 0.3) is 0 Å². The Morgan fingerprint density at radius 2 is 1.96 bits per heavy atom. The minimum Gasteiger partial charge on any atom is -0.429 e. The fourth-order valence-corrected chi connectivity index (χ4v) is 4.36. The van der Waals surface area contributed by atoms with Crippen molar-refractivity contribution in [2.24, 2.45) is 29.6 Å². The molecule has 2 aliphatic rings. The quantitative estimate of drug-likeness (QED) is 0.259. The van der Waals surface area contributed by atoms with Gasteiger partial charge in [-0.3, -0.25) is 4.79 Å². The maximum Gasteiger partial charge on any atom is 0.516 e. The van der Waals surface area contributed by atoms with Crippen LogP contribution in [-0.2, 0) is 14.3 Å². The molecule has 0 N–H and O–H groups in total. The monoisotopic (exact) mass is 410 g/mol. The molecule has 0 aromatic heterocycles. The Morgan fingerprint density at radius 1 is 1.28 bits per heavy atom. The molecule has 0 aromatic rings. The Balaban J connectivity index is 1.98. The first-order valence-corrected chi connectivity index (χ1v) is 9.84. The lowest BCUT2D eigenvalue weighted by Crippen LogP contribution is -2.40. The summed E-state index contributed by atoms with van der Waals surface area (Å²) in [4.78, 5) is 24.0. The zero-order chi connectivity index (χ0) is 18.8. The Labute approximate surface area is 164 Å². The summed E-state index contributed by atoms with van der Waals surface area (Å²) >= 11 is 16.5. The van der Waals surface area contributed by atoms with E-state index in [1.54, 1.807) is 0 Å². The number of carbonyl (C=O) groups is 2. The van der Waals surface area contributed by atoms with Crippen LogP contribution >= 0.6 is 34.8 Å². The molecular formula is C18H25Cl3O4. The molecule has 0 aromatic carbocycles. The molecule has 1 unspecified atom stereocenters. The average molecular weight is 412 g/mol. The molecule has 5 atom stereocenters. The third-order valence-corrected chi connectivity index (χ3v) is 5.90. The van der Waals surface area contributed by atoms with E-state index in [0.29, 0.717) is 17.8 Å². The van der Waals surface area contributed by atoms with Crippen LogP contribution in [-0.4, -0.2) is 22.5 Å². The summed E-state index contributed by atoms with van der Waals surface area (Å²) in [5.74, 6) is 0.811. The highest BCUT2D eigenvalue weighted by Gasteiger charge is 2.42. The van der Waals surface area contributed by atoms with Crippen LogP contribution in [0, 0.1) is 29.6 Å². The van der Waals surface area contributed by atoms with Gasteiger partial charge < -0.3 is 9.47 Å². The number of ether oxygens (including phenoxy) is 2. The SMILES string of the molecule is CC1=C[C@H]2[C@@H](CC1)[C@H](C)CC[C@H]2C(C)C(=O)OC(=O)OCC(Cl)(Cl)Cl. The fourth-order valence-electron chi connectivity index (χ4n) is 4.19. The third kappa shape index (κ3) is 5.77. The van der Waals surface area contributed by atoms with Gasteiger partial charge in [0.05, 0.1) is 5.92 Å². The molecule has 0 bridgehead atoms.